The minimum Gasteiger partial charge on any atom is -0.465 e. The van der Waals surface area contributed by atoms with E-state index < -0.39 is 0 Å². The predicted octanol–water partition coefficient (Wildman–Crippen LogP) is 10.2. The van der Waals surface area contributed by atoms with E-state index in [1.165, 1.54) is 122 Å². The van der Waals surface area contributed by atoms with Crippen LogP contribution in [0, 0.1) is 11.3 Å². The van der Waals surface area contributed by atoms with Gasteiger partial charge >= 0.3 is 5.97 Å². The summed E-state index contributed by atoms with van der Waals surface area (Å²) in [5.41, 5.74) is -0.161. The summed E-state index contributed by atoms with van der Waals surface area (Å²) in [5, 5.41) is 0. The lowest BCUT2D eigenvalue weighted by Crippen LogP contribution is -2.37. The van der Waals surface area contributed by atoms with E-state index in [4.69, 9.17) is 4.74 Å². The largest absolute Gasteiger partial charge is 0.465 e. The monoisotopic (exact) mass is 450 g/mol. The van der Waals surface area contributed by atoms with Crippen LogP contribution < -0.4 is 0 Å². The Kier molecular flexibility index (Phi) is 18.3. The van der Waals surface area contributed by atoms with Gasteiger partial charge in [-0.05, 0) is 44.4 Å². The molecule has 0 bridgehead atoms. The van der Waals surface area contributed by atoms with E-state index >= 15 is 0 Å². The maximum Gasteiger partial charge on any atom is 0.312 e. The summed E-state index contributed by atoms with van der Waals surface area (Å²) >= 11 is 0. The van der Waals surface area contributed by atoms with E-state index in [1.54, 1.807) is 0 Å². The standard InChI is InChI=1S/C30H58O2/c1-4-7-10-12-14-16-19-24-30(25-22-28(23-26-30)21-18-9-6-3)29(31)32-27-20-17-15-13-11-8-5-2/h28H,4-27H2,1-3H3/t28-,30-. The Labute approximate surface area is 202 Å². The molecule has 0 atom stereocenters. The molecule has 0 aromatic rings. The number of esters is 1. The third-order valence-electron chi connectivity index (χ3n) is 7.95. The number of hydrogen-bond acceptors (Lipinski definition) is 2. The van der Waals surface area contributed by atoms with Crippen LogP contribution in [-0.2, 0) is 9.53 Å². The molecular formula is C30H58O2. The minimum absolute atomic E-state index is 0.154. The van der Waals surface area contributed by atoms with Crippen molar-refractivity contribution in [3.05, 3.63) is 0 Å². The molecule has 1 aliphatic carbocycles. The zero-order valence-electron chi connectivity index (χ0n) is 22.4. The fourth-order valence-corrected chi connectivity index (χ4v) is 5.56. The molecule has 190 valence electrons. The van der Waals surface area contributed by atoms with Crippen molar-refractivity contribution in [2.45, 2.75) is 168 Å². The summed E-state index contributed by atoms with van der Waals surface area (Å²) in [7, 11) is 0. The van der Waals surface area contributed by atoms with Gasteiger partial charge in [-0.1, -0.05) is 130 Å². The Balaban J connectivity index is 2.39. The van der Waals surface area contributed by atoms with Gasteiger partial charge in [0, 0.05) is 0 Å². The van der Waals surface area contributed by atoms with Gasteiger partial charge in [-0.3, -0.25) is 4.79 Å². The average Bonchev–Trinajstić information content (AvgIpc) is 2.81. The van der Waals surface area contributed by atoms with Gasteiger partial charge in [0.05, 0.1) is 12.0 Å². The van der Waals surface area contributed by atoms with E-state index in [-0.39, 0.29) is 11.4 Å². The van der Waals surface area contributed by atoms with Crippen molar-refractivity contribution in [1.82, 2.24) is 0 Å². The van der Waals surface area contributed by atoms with Crippen LogP contribution in [0.5, 0.6) is 0 Å². The Morgan fingerprint density at radius 2 is 1.12 bits per heavy atom. The number of unbranched alkanes of at least 4 members (excludes halogenated alkanes) is 14. The van der Waals surface area contributed by atoms with E-state index in [9.17, 15) is 4.79 Å². The molecule has 0 unspecified atom stereocenters. The highest BCUT2D eigenvalue weighted by Crippen LogP contribution is 2.45. The van der Waals surface area contributed by atoms with Crippen molar-refractivity contribution in [1.29, 1.82) is 0 Å². The Morgan fingerprint density at radius 3 is 1.69 bits per heavy atom. The average molecular weight is 451 g/mol. The summed E-state index contributed by atoms with van der Waals surface area (Å²) in [4.78, 5) is 13.2. The summed E-state index contributed by atoms with van der Waals surface area (Å²) in [6.07, 6.45) is 29.3. The van der Waals surface area contributed by atoms with Crippen molar-refractivity contribution in [2.75, 3.05) is 6.61 Å². The molecule has 1 aliphatic rings. The highest BCUT2D eigenvalue weighted by atomic mass is 16.5. The number of rotatable bonds is 21. The molecule has 0 radical (unpaired) electrons. The number of carbonyl (C=O) groups excluding carboxylic acids is 1. The van der Waals surface area contributed by atoms with Gasteiger partial charge in [0.25, 0.3) is 0 Å². The molecule has 0 amide bonds. The van der Waals surface area contributed by atoms with Gasteiger partial charge in [0.15, 0.2) is 0 Å². The van der Waals surface area contributed by atoms with Crippen LogP contribution >= 0.6 is 0 Å². The van der Waals surface area contributed by atoms with Gasteiger partial charge in [0.1, 0.15) is 0 Å². The molecule has 1 fully saturated rings. The molecule has 0 saturated heterocycles. The lowest BCUT2D eigenvalue weighted by Gasteiger charge is -2.38. The number of carbonyl (C=O) groups is 1. The normalized spacial score (nSPS) is 21.0. The van der Waals surface area contributed by atoms with Crippen LogP contribution in [0.1, 0.15) is 168 Å². The molecular weight excluding hydrogens is 392 g/mol. The third kappa shape index (κ3) is 13.2. The van der Waals surface area contributed by atoms with Gasteiger partial charge < -0.3 is 4.74 Å². The molecule has 0 spiro atoms. The first-order chi connectivity index (χ1) is 15.7. The van der Waals surface area contributed by atoms with E-state index in [2.05, 4.69) is 20.8 Å². The summed E-state index contributed by atoms with van der Waals surface area (Å²) in [6, 6.07) is 0. The number of ether oxygens (including phenoxy) is 1. The molecule has 2 heteroatoms. The molecule has 1 rings (SSSR count). The maximum atomic E-state index is 13.2. The summed E-state index contributed by atoms with van der Waals surface area (Å²) in [5.74, 6) is 1.00. The minimum atomic E-state index is -0.161. The highest BCUT2D eigenvalue weighted by Gasteiger charge is 2.42. The lowest BCUT2D eigenvalue weighted by atomic mass is 9.67. The van der Waals surface area contributed by atoms with Gasteiger partial charge in [0.2, 0.25) is 0 Å². The predicted molar refractivity (Wildman–Crippen MR) is 140 cm³/mol. The second-order valence-electron chi connectivity index (χ2n) is 10.8. The van der Waals surface area contributed by atoms with Crippen molar-refractivity contribution in [3.8, 4) is 0 Å². The molecule has 1 saturated carbocycles. The molecule has 0 N–H and O–H groups in total. The van der Waals surface area contributed by atoms with Crippen LogP contribution in [0.4, 0.5) is 0 Å². The van der Waals surface area contributed by atoms with Crippen LogP contribution in [0.25, 0.3) is 0 Å². The number of hydrogen-bond donors (Lipinski definition) is 0. The Morgan fingerprint density at radius 1 is 0.656 bits per heavy atom. The molecule has 32 heavy (non-hydrogen) atoms. The van der Waals surface area contributed by atoms with Gasteiger partial charge in [-0.15, -0.1) is 0 Å². The van der Waals surface area contributed by atoms with E-state index in [1.807, 2.05) is 0 Å². The fourth-order valence-electron chi connectivity index (χ4n) is 5.56. The molecule has 0 heterocycles. The Bertz CT molecular complexity index is 423. The topological polar surface area (TPSA) is 26.3 Å². The van der Waals surface area contributed by atoms with E-state index in [0.29, 0.717) is 6.61 Å². The first-order valence-electron chi connectivity index (χ1n) is 14.9. The molecule has 2 nitrogen and oxygen atoms in total. The molecule has 0 aromatic heterocycles. The quantitative estimate of drug-likeness (QED) is 0.128. The molecule has 0 aromatic carbocycles. The zero-order valence-corrected chi connectivity index (χ0v) is 22.4. The molecule has 0 aliphatic heterocycles. The van der Waals surface area contributed by atoms with Crippen molar-refractivity contribution >= 4 is 5.97 Å². The maximum absolute atomic E-state index is 13.2. The SMILES string of the molecule is CCCCCCCCCOC(=O)[C@]1(CCCCCCCCC)CC[C@@H](CCCCC)CC1. The van der Waals surface area contributed by atoms with Crippen molar-refractivity contribution in [2.24, 2.45) is 11.3 Å². The van der Waals surface area contributed by atoms with Crippen LogP contribution in [0.3, 0.4) is 0 Å². The first kappa shape index (κ1) is 29.5. The van der Waals surface area contributed by atoms with Crippen molar-refractivity contribution in [3.63, 3.8) is 0 Å². The van der Waals surface area contributed by atoms with Gasteiger partial charge in [-0.2, -0.15) is 0 Å². The second kappa shape index (κ2) is 19.9. The van der Waals surface area contributed by atoms with Crippen LogP contribution in [0.2, 0.25) is 0 Å². The smallest absolute Gasteiger partial charge is 0.312 e. The first-order valence-corrected chi connectivity index (χ1v) is 14.9. The highest BCUT2D eigenvalue weighted by molar-refractivity contribution is 5.77. The summed E-state index contributed by atoms with van der Waals surface area (Å²) < 4.78 is 5.92. The summed E-state index contributed by atoms with van der Waals surface area (Å²) in [6.45, 7) is 7.47. The van der Waals surface area contributed by atoms with Crippen LogP contribution in [-0.4, -0.2) is 12.6 Å². The zero-order chi connectivity index (χ0) is 23.3. The fraction of sp³-hybridized carbons (Fsp3) is 0.967. The van der Waals surface area contributed by atoms with Gasteiger partial charge in [-0.25, -0.2) is 0 Å². The van der Waals surface area contributed by atoms with Crippen LogP contribution in [0.15, 0.2) is 0 Å². The Hall–Kier alpha value is -0.530. The van der Waals surface area contributed by atoms with E-state index in [0.717, 1.165) is 31.6 Å². The lowest BCUT2D eigenvalue weighted by molar-refractivity contribution is -0.159. The third-order valence-corrected chi connectivity index (χ3v) is 7.95. The van der Waals surface area contributed by atoms with Crippen molar-refractivity contribution < 1.29 is 9.53 Å². The second-order valence-corrected chi connectivity index (χ2v) is 10.8.